The molecular formula is C13H14N2O6. The van der Waals surface area contributed by atoms with Crippen LogP contribution in [0.15, 0.2) is 30.3 Å². The van der Waals surface area contributed by atoms with Gasteiger partial charge in [0.15, 0.2) is 6.04 Å². The largest absolute Gasteiger partial charge is 0.480 e. The first-order valence-electron chi connectivity index (χ1n) is 5.89. The molecule has 8 nitrogen and oxygen atoms in total. The van der Waals surface area contributed by atoms with E-state index in [0.717, 1.165) is 7.11 Å². The van der Waals surface area contributed by atoms with Gasteiger partial charge in [-0.2, -0.15) is 0 Å². The lowest BCUT2D eigenvalue weighted by atomic mass is 10.1. The number of hydrazine groups is 1. The van der Waals surface area contributed by atoms with Crippen molar-refractivity contribution in [2.24, 2.45) is 0 Å². The smallest absolute Gasteiger partial charge is 0.429 e. The van der Waals surface area contributed by atoms with Gasteiger partial charge in [-0.1, -0.05) is 30.3 Å². The van der Waals surface area contributed by atoms with Gasteiger partial charge in [-0.25, -0.2) is 14.6 Å². The second-order valence-corrected chi connectivity index (χ2v) is 3.98. The van der Waals surface area contributed by atoms with E-state index in [-0.39, 0.29) is 12.7 Å². The summed E-state index contributed by atoms with van der Waals surface area (Å²) in [6.45, 7) is 0. The van der Waals surface area contributed by atoms with Crippen LogP contribution in [0, 0.1) is 0 Å². The van der Waals surface area contributed by atoms with Gasteiger partial charge < -0.3 is 9.84 Å². The van der Waals surface area contributed by atoms with Crippen LogP contribution in [0.1, 0.15) is 5.56 Å². The minimum absolute atomic E-state index is 0.0651. The van der Waals surface area contributed by atoms with Crippen LogP contribution >= 0.6 is 0 Å². The van der Waals surface area contributed by atoms with Crippen molar-refractivity contribution in [2.45, 2.75) is 12.5 Å². The summed E-state index contributed by atoms with van der Waals surface area (Å²) in [6.07, 6.45) is -1.23. The number of carboxylic acid groups (broad SMARTS) is 1. The van der Waals surface area contributed by atoms with E-state index in [0.29, 0.717) is 10.6 Å². The van der Waals surface area contributed by atoms with Crippen molar-refractivity contribution >= 4 is 24.3 Å². The lowest BCUT2D eigenvalue weighted by molar-refractivity contribution is -0.146. The molecule has 0 aliphatic heterocycles. The Bertz CT molecular complexity index is 531. The van der Waals surface area contributed by atoms with Gasteiger partial charge in [0.25, 0.3) is 0 Å². The van der Waals surface area contributed by atoms with Crippen molar-refractivity contribution in [3.8, 4) is 0 Å². The van der Waals surface area contributed by atoms with Crippen molar-refractivity contribution in [3.63, 3.8) is 0 Å². The normalized spacial score (nSPS) is 11.1. The maximum Gasteiger partial charge on any atom is 0.429 e. The van der Waals surface area contributed by atoms with Gasteiger partial charge in [-0.05, 0) is 5.56 Å². The molecule has 0 unspecified atom stereocenters. The number of carboxylic acids is 1. The molecule has 8 heteroatoms. The van der Waals surface area contributed by atoms with Crippen LogP contribution in [-0.2, 0) is 25.5 Å². The number of amides is 2. The zero-order chi connectivity index (χ0) is 15.8. The molecule has 1 aromatic rings. The molecule has 112 valence electrons. The molecule has 0 fully saturated rings. The predicted octanol–water partition coefficient (Wildman–Crippen LogP) is -0.0192. The summed E-state index contributed by atoms with van der Waals surface area (Å²) < 4.78 is 4.42. The van der Waals surface area contributed by atoms with Gasteiger partial charge in [0.1, 0.15) is 0 Å². The Balaban J connectivity index is 3.01. The molecule has 0 aliphatic rings. The van der Waals surface area contributed by atoms with Crippen molar-refractivity contribution in [1.29, 1.82) is 0 Å². The molecule has 0 aromatic heterocycles. The highest BCUT2D eigenvalue weighted by atomic mass is 16.5. The Hall–Kier alpha value is -2.90. The molecule has 21 heavy (non-hydrogen) atoms. The zero-order valence-corrected chi connectivity index (χ0v) is 11.2. The molecule has 1 rings (SSSR count). The molecular weight excluding hydrogens is 280 g/mol. The molecule has 0 saturated carbocycles. The fourth-order valence-electron chi connectivity index (χ4n) is 1.62. The van der Waals surface area contributed by atoms with Crippen LogP contribution in [0.2, 0.25) is 0 Å². The van der Waals surface area contributed by atoms with Crippen LogP contribution in [0.4, 0.5) is 4.79 Å². The number of aldehydes is 1. The molecule has 2 N–H and O–H groups in total. The Morgan fingerprint density at radius 2 is 1.95 bits per heavy atom. The second-order valence-electron chi connectivity index (χ2n) is 3.98. The topological polar surface area (TPSA) is 113 Å². The maximum absolute atomic E-state index is 11.6. The average molecular weight is 294 g/mol. The highest BCUT2D eigenvalue weighted by Crippen LogP contribution is 2.09. The highest BCUT2D eigenvalue weighted by Gasteiger charge is 2.32. The number of benzene rings is 1. The summed E-state index contributed by atoms with van der Waals surface area (Å²) in [6, 6.07) is 7.11. The lowest BCUT2D eigenvalue weighted by Crippen LogP contribution is -2.56. The quantitative estimate of drug-likeness (QED) is 0.448. The SMILES string of the molecule is COC(=O)N(NC(=O)C=O)[C@@H](Cc1ccccc1)C(=O)O. The number of carbonyl (C=O) groups excluding carboxylic acids is 3. The number of rotatable bonds is 5. The van der Waals surface area contributed by atoms with Crippen molar-refractivity contribution in [2.75, 3.05) is 7.11 Å². The van der Waals surface area contributed by atoms with E-state index < -0.39 is 24.0 Å². The summed E-state index contributed by atoms with van der Waals surface area (Å²) >= 11 is 0. The van der Waals surface area contributed by atoms with E-state index in [9.17, 15) is 24.3 Å². The third-order valence-electron chi connectivity index (χ3n) is 2.58. The van der Waals surface area contributed by atoms with Gasteiger partial charge >= 0.3 is 18.0 Å². The van der Waals surface area contributed by atoms with E-state index in [4.69, 9.17) is 0 Å². The number of nitrogens with zero attached hydrogens (tertiary/aromatic N) is 1. The van der Waals surface area contributed by atoms with E-state index >= 15 is 0 Å². The highest BCUT2D eigenvalue weighted by molar-refractivity contribution is 6.23. The number of hydrogen-bond donors (Lipinski definition) is 2. The minimum Gasteiger partial charge on any atom is -0.480 e. The summed E-state index contributed by atoms with van der Waals surface area (Å²) in [5, 5.41) is 9.72. The Kier molecular flexibility index (Phi) is 5.87. The lowest BCUT2D eigenvalue weighted by Gasteiger charge is -2.27. The standard InChI is InChI=1S/C13H14N2O6/c1-21-13(20)15(14-11(17)8-16)10(12(18)19)7-9-5-3-2-4-6-9/h2-6,8,10H,7H2,1H3,(H,14,17)(H,18,19)/t10-/m0/s1. The second kappa shape index (κ2) is 7.63. The summed E-state index contributed by atoms with van der Waals surface area (Å²) in [7, 11) is 1.03. The minimum atomic E-state index is -1.41. The Labute approximate surface area is 120 Å². The Morgan fingerprint density at radius 3 is 2.43 bits per heavy atom. The molecule has 1 aromatic carbocycles. The van der Waals surface area contributed by atoms with E-state index in [1.165, 1.54) is 0 Å². The molecule has 0 heterocycles. The van der Waals surface area contributed by atoms with Crippen LogP contribution < -0.4 is 5.43 Å². The number of aliphatic carboxylic acids is 1. The van der Waals surface area contributed by atoms with Crippen LogP contribution in [0.3, 0.4) is 0 Å². The first kappa shape index (κ1) is 16.2. The van der Waals surface area contributed by atoms with Crippen LogP contribution in [0.25, 0.3) is 0 Å². The molecule has 0 aliphatic carbocycles. The van der Waals surface area contributed by atoms with Gasteiger partial charge in [0, 0.05) is 6.42 Å². The van der Waals surface area contributed by atoms with Crippen molar-refractivity contribution < 1.29 is 29.0 Å². The van der Waals surface area contributed by atoms with Gasteiger partial charge in [-0.15, -0.1) is 0 Å². The molecule has 0 spiro atoms. The molecule has 2 amide bonds. The molecule has 1 atom stereocenters. The summed E-state index contributed by atoms with van der Waals surface area (Å²) in [5.41, 5.74) is 2.53. The fraction of sp³-hybridized carbons (Fsp3) is 0.231. The average Bonchev–Trinajstić information content (AvgIpc) is 2.50. The fourth-order valence-corrected chi connectivity index (χ4v) is 1.62. The number of methoxy groups -OCH3 is 1. The van der Waals surface area contributed by atoms with Gasteiger partial charge in [0.05, 0.1) is 7.11 Å². The van der Waals surface area contributed by atoms with E-state index in [2.05, 4.69) is 4.74 Å². The molecule has 0 bridgehead atoms. The number of ether oxygens (including phenoxy) is 1. The predicted molar refractivity (Wildman–Crippen MR) is 70.0 cm³/mol. The zero-order valence-electron chi connectivity index (χ0n) is 11.2. The molecule has 0 radical (unpaired) electrons. The van der Waals surface area contributed by atoms with Crippen LogP contribution in [-0.4, -0.2) is 47.5 Å². The number of hydrogen-bond acceptors (Lipinski definition) is 5. The van der Waals surface area contributed by atoms with Crippen molar-refractivity contribution in [3.05, 3.63) is 35.9 Å². The number of nitrogens with one attached hydrogen (secondary N) is 1. The van der Waals surface area contributed by atoms with Crippen molar-refractivity contribution in [1.82, 2.24) is 10.4 Å². The maximum atomic E-state index is 11.6. The Morgan fingerprint density at radius 1 is 1.33 bits per heavy atom. The number of carbonyl (C=O) groups is 4. The van der Waals surface area contributed by atoms with Gasteiger partial charge in [0.2, 0.25) is 6.29 Å². The third-order valence-corrected chi connectivity index (χ3v) is 2.58. The first-order valence-corrected chi connectivity index (χ1v) is 5.89. The van der Waals surface area contributed by atoms with E-state index in [1.807, 2.05) is 5.43 Å². The third kappa shape index (κ3) is 4.60. The van der Waals surface area contributed by atoms with Gasteiger partial charge in [-0.3, -0.25) is 15.0 Å². The van der Waals surface area contributed by atoms with Crippen LogP contribution in [0.5, 0.6) is 0 Å². The molecule has 0 saturated heterocycles. The summed E-state index contributed by atoms with van der Waals surface area (Å²) in [5.74, 6) is -2.50. The monoisotopic (exact) mass is 294 g/mol. The summed E-state index contributed by atoms with van der Waals surface area (Å²) in [4.78, 5) is 44.4. The first-order chi connectivity index (χ1) is 9.99. The van der Waals surface area contributed by atoms with E-state index in [1.54, 1.807) is 30.3 Å².